The number of terminal acetylenes is 1. The number of carbonyl (C=O) groups excluding carboxylic acids is 5. The Balaban J connectivity index is 2.55. The van der Waals surface area contributed by atoms with Crippen LogP contribution in [0.2, 0.25) is 0 Å². The maximum atomic E-state index is 13.0. The van der Waals surface area contributed by atoms with Gasteiger partial charge >= 0.3 is 23.9 Å². The van der Waals surface area contributed by atoms with Gasteiger partial charge in [0.25, 0.3) is 5.91 Å². The first kappa shape index (κ1) is 29.3. The van der Waals surface area contributed by atoms with E-state index in [4.69, 9.17) is 34.8 Å². The Kier molecular flexibility index (Phi) is 9.76. The Morgan fingerprint density at radius 1 is 1.05 bits per heavy atom. The zero-order valence-electron chi connectivity index (χ0n) is 21.1. The van der Waals surface area contributed by atoms with Crippen molar-refractivity contribution in [2.24, 2.45) is 0 Å². The van der Waals surface area contributed by atoms with Crippen molar-refractivity contribution in [1.82, 2.24) is 5.32 Å². The summed E-state index contributed by atoms with van der Waals surface area (Å²) in [6.45, 7) is 2.55. The minimum atomic E-state index is -2.22. The molecule has 0 aromatic heterocycles. The predicted molar refractivity (Wildman–Crippen MR) is 124 cm³/mol. The van der Waals surface area contributed by atoms with Crippen molar-refractivity contribution >= 4 is 29.8 Å². The number of hydrogen-bond donors (Lipinski definition) is 1. The van der Waals surface area contributed by atoms with E-state index in [0.29, 0.717) is 5.56 Å². The molecule has 0 spiro atoms. The van der Waals surface area contributed by atoms with Gasteiger partial charge in [0.15, 0.2) is 0 Å². The summed E-state index contributed by atoms with van der Waals surface area (Å²) in [7, 11) is 2.39. The molecule has 1 heterocycles. The maximum absolute atomic E-state index is 13.0. The summed E-state index contributed by atoms with van der Waals surface area (Å²) < 4.78 is 32.2. The largest absolute Gasteiger partial charge is 0.466 e. The molecule has 0 saturated carbocycles. The quantitative estimate of drug-likeness (QED) is 0.193. The summed E-state index contributed by atoms with van der Waals surface area (Å²) in [6.07, 6.45) is 0.856. The van der Waals surface area contributed by atoms with Gasteiger partial charge in [0, 0.05) is 34.2 Å². The Morgan fingerprint density at radius 2 is 1.68 bits per heavy atom. The zero-order chi connectivity index (χ0) is 27.8. The van der Waals surface area contributed by atoms with E-state index < -0.39 is 66.1 Å². The summed E-state index contributed by atoms with van der Waals surface area (Å²) in [5, 5.41) is 2.38. The van der Waals surface area contributed by atoms with E-state index in [9.17, 15) is 24.0 Å². The summed E-state index contributed by atoms with van der Waals surface area (Å²) in [4.78, 5) is 61.5. The van der Waals surface area contributed by atoms with Gasteiger partial charge in [-0.25, -0.2) is 4.79 Å². The highest BCUT2D eigenvalue weighted by atomic mass is 16.8. The molecule has 5 atom stereocenters. The van der Waals surface area contributed by atoms with E-state index in [1.54, 1.807) is 30.3 Å². The first-order valence-corrected chi connectivity index (χ1v) is 11.1. The lowest BCUT2D eigenvalue weighted by atomic mass is 9.91. The molecule has 0 aliphatic carbocycles. The predicted octanol–water partition coefficient (Wildman–Crippen LogP) is 0.0583. The molecule has 1 aromatic rings. The summed E-state index contributed by atoms with van der Waals surface area (Å²) in [6, 6.07) is 8.51. The number of likely N-dealkylation sites (N-methyl/N-ethyl adjacent to an activating group) is 1. The third kappa shape index (κ3) is 6.44. The van der Waals surface area contributed by atoms with Gasteiger partial charge in [-0.05, 0) is 5.56 Å². The lowest BCUT2D eigenvalue weighted by Gasteiger charge is -2.34. The fourth-order valence-corrected chi connectivity index (χ4v) is 3.91. The third-order valence-electron chi connectivity index (χ3n) is 5.45. The highest BCUT2D eigenvalue weighted by Crippen LogP contribution is 2.38. The normalized spacial score (nSPS) is 24.1. The third-order valence-corrected chi connectivity index (χ3v) is 5.45. The number of carbonyl (C=O) groups is 5. The van der Waals surface area contributed by atoms with Gasteiger partial charge in [0.05, 0.1) is 13.7 Å². The lowest BCUT2D eigenvalue weighted by molar-refractivity contribution is -0.201. The molecule has 200 valence electrons. The van der Waals surface area contributed by atoms with Crippen LogP contribution in [0.25, 0.3) is 0 Å². The number of amides is 1. The van der Waals surface area contributed by atoms with Gasteiger partial charge < -0.3 is 33.7 Å². The molecule has 0 radical (unpaired) electrons. The molecule has 0 bridgehead atoms. The van der Waals surface area contributed by atoms with E-state index in [1.807, 2.05) is 0 Å². The first-order valence-electron chi connectivity index (χ1n) is 11.1. The first-order chi connectivity index (χ1) is 17.4. The Labute approximate surface area is 213 Å². The van der Waals surface area contributed by atoms with Crippen LogP contribution in [0.3, 0.4) is 0 Å². The molecule has 1 saturated heterocycles. The fraction of sp³-hybridized carbons (Fsp3) is 0.480. The number of nitrogens with one attached hydrogen (secondary N) is 1. The van der Waals surface area contributed by atoms with Crippen LogP contribution in [0.1, 0.15) is 26.3 Å². The van der Waals surface area contributed by atoms with Gasteiger partial charge in [0.2, 0.25) is 23.6 Å². The van der Waals surface area contributed by atoms with Gasteiger partial charge in [-0.3, -0.25) is 19.2 Å². The number of ether oxygens (including phenoxy) is 6. The molecule has 1 N–H and O–H groups in total. The molecule has 2 unspecified atom stereocenters. The molecule has 1 fully saturated rings. The number of methoxy groups -OCH3 is 1. The van der Waals surface area contributed by atoms with Crippen LogP contribution in [-0.2, 0) is 58.8 Å². The molecular formula is C25H29NO11. The van der Waals surface area contributed by atoms with Crippen LogP contribution in [0.5, 0.6) is 0 Å². The molecule has 1 amide bonds. The van der Waals surface area contributed by atoms with Crippen LogP contribution in [0.15, 0.2) is 30.3 Å². The second-order valence-corrected chi connectivity index (χ2v) is 8.03. The molecular weight excluding hydrogens is 490 g/mol. The monoisotopic (exact) mass is 519 g/mol. The lowest BCUT2D eigenvalue weighted by Crippen LogP contribution is -2.59. The van der Waals surface area contributed by atoms with Crippen molar-refractivity contribution < 1.29 is 52.4 Å². The van der Waals surface area contributed by atoms with Gasteiger partial charge in [0.1, 0.15) is 6.10 Å². The van der Waals surface area contributed by atoms with Crippen LogP contribution < -0.4 is 5.32 Å². The molecule has 1 aromatic carbocycles. The van der Waals surface area contributed by atoms with E-state index in [-0.39, 0.29) is 6.42 Å². The number of rotatable bonds is 10. The SMILES string of the molecule is C#C[C@@]1(OC(C)=O)[C@@H](COC(Cc2ccccc2)(C(=O)NC)C(=O)OC)OC(OC(C)=O)[C@@H]1OC(C)=O. The van der Waals surface area contributed by atoms with E-state index in [1.165, 1.54) is 7.05 Å². The van der Waals surface area contributed by atoms with Crippen molar-refractivity contribution in [3.63, 3.8) is 0 Å². The second-order valence-electron chi connectivity index (χ2n) is 8.03. The number of benzene rings is 1. The van der Waals surface area contributed by atoms with Crippen LogP contribution in [0, 0.1) is 12.3 Å². The van der Waals surface area contributed by atoms with Crippen LogP contribution in [-0.4, -0.2) is 80.2 Å². The zero-order valence-corrected chi connectivity index (χ0v) is 21.1. The molecule has 12 nitrogen and oxygen atoms in total. The summed E-state index contributed by atoms with van der Waals surface area (Å²) in [5.41, 5.74) is -3.81. The smallest absolute Gasteiger partial charge is 0.348 e. The average molecular weight is 520 g/mol. The van der Waals surface area contributed by atoms with Gasteiger partial charge in [-0.2, -0.15) is 0 Å². The minimum absolute atomic E-state index is 0.246. The molecule has 2 rings (SSSR count). The van der Waals surface area contributed by atoms with Crippen LogP contribution in [0.4, 0.5) is 0 Å². The van der Waals surface area contributed by atoms with E-state index >= 15 is 0 Å². The van der Waals surface area contributed by atoms with E-state index in [0.717, 1.165) is 27.9 Å². The number of esters is 4. The molecule has 1 aliphatic heterocycles. The topological polar surface area (TPSA) is 153 Å². The van der Waals surface area contributed by atoms with Crippen molar-refractivity contribution in [3.05, 3.63) is 35.9 Å². The van der Waals surface area contributed by atoms with Gasteiger partial charge in [-0.15, -0.1) is 6.42 Å². The maximum Gasteiger partial charge on any atom is 0.348 e. The molecule has 1 aliphatic rings. The summed E-state index contributed by atoms with van der Waals surface area (Å²) >= 11 is 0. The van der Waals surface area contributed by atoms with E-state index in [2.05, 4.69) is 11.2 Å². The highest BCUT2D eigenvalue weighted by Gasteiger charge is 2.63. The number of hydrogen-bond acceptors (Lipinski definition) is 11. The van der Waals surface area contributed by atoms with Crippen LogP contribution >= 0.6 is 0 Å². The molecule has 12 heteroatoms. The van der Waals surface area contributed by atoms with Crippen molar-refractivity contribution in [1.29, 1.82) is 0 Å². The Bertz CT molecular complexity index is 1050. The second kappa shape index (κ2) is 12.3. The minimum Gasteiger partial charge on any atom is -0.466 e. The van der Waals surface area contributed by atoms with Crippen molar-refractivity contribution in [3.8, 4) is 12.3 Å². The van der Waals surface area contributed by atoms with Gasteiger partial charge in [-0.1, -0.05) is 36.3 Å². The average Bonchev–Trinajstić information content (AvgIpc) is 3.11. The Morgan fingerprint density at radius 3 is 2.16 bits per heavy atom. The standard InChI is InChI=1S/C25H29NO11/c1-7-24(37-17(4)29)19(36-21(35-16(3)28)20(24)34-15(2)27)14-33-25(22(30)26-5,23(31)32-6)13-18-11-9-8-10-12-18/h1,8-12,19-21H,13-14H2,2-6H3,(H,26,30)/t19-,20+,21?,24-,25?/m1/s1. The highest BCUT2D eigenvalue weighted by molar-refractivity contribution is 6.06. The Hall–Kier alpha value is -3.95. The van der Waals surface area contributed by atoms with Crippen molar-refractivity contribution in [2.75, 3.05) is 20.8 Å². The molecule has 37 heavy (non-hydrogen) atoms. The fourth-order valence-electron chi connectivity index (χ4n) is 3.91. The summed E-state index contributed by atoms with van der Waals surface area (Å²) in [5.74, 6) is -2.13. The van der Waals surface area contributed by atoms with Crippen molar-refractivity contribution in [2.45, 2.75) is 56.9 Å².